The van der Waals surface area contributed by atoms with E-state index in [1.807, 2.05) is 6.07 Å². The second kappa shape index (κ2) is 5.09. The van der Waals surface area contributed by atoms with Gasteiger partial charge in [0.2, 0.25) is 0 Å². The minimum Gasteiger partial charge on any atom is -0.325 e. The van der Waals surface area contributed by atoms with Crippen molar-refractivity contribution >= 4 is 11.8 Å². The molecule has 4 heteroatoms. The fraction of sp³-hybridized carbons (Fsp3) is 0.167. The van der Waals surface area contributed by atoms with Crippen LogP contribution in [0.15, 0.2) is 41.6 Å². The lowest BCUT2D eigenvalue weighted by Crippen LogP contribution is -2.00. The average molecular weight is 231 g/mol. The zero-order chi connectivity index (χ0) is 11.4. The van der Waals surface area contributed by atoms with Crippen molar-refractivity contribution in [1.29, 1.82) is 0 Å². The lowest BCUT2D eigenvalue weighted by molar-refractivity contribution is 0.966. The molecule has 0 spiro atoms. The summed E-state index contributed by atoms with van der Waals surface area (Å²) < 4.78 is 0. The van der Waals surface area contributed by atoms with Gasteiger partial charge in [-0.1, -0.05) is 12.1 Å². The van der Waals surface area contributed by atoms with Gasteiger partial charge in [0.15, 0.2) is 0 Å². The van der Waals surface area contributed by atoms with Gasteiger partial charge in [-0.25, -0.2) is 9.97 Å². The Balaban J connectivity index is 2.34. The maximum Gasteiger partial charge on any atom is 0.116 e. The zero-order valence-corrected chi connectivity index (χ0v) is 9.87. The van der Waals surface area contributed by atoms with E-state index in [0.29, 0.717) is 6.54 Å². The first kappa shape index (κ1) is 11.1. The number of hydrogen-bond acceptors (Lipinski definition) is 4. The quantitative estimate of drug-likeness (QED) is 0.824. The van der Waals surface area contributed by atoms with Crippen LogP contribution in [0.3, 0.4) is 0 Å². The van der Waals surface area contributed by atoms with Crippen LogP contribution in [0.1, 0.15) is 5.69 Å². The number of aromatic nitrogens is 2. The third-order valence-corrected chi connectivity index (χ3v) is 3.06. The smallest absolute Gasteiger partial charge is 0.116 e. The molecule has 0 amide bonds. The van der Waals surface area contributed by atoms with Crippen LogP contribution >= 0.6 is 11.8 Å². The molecule has 0 bridgehead atoms. The fourth-order valence-corrected chi connectivity index (χ4v) is 1.84. The summed E-state index contributed by atoms with van der Waals surface area (Å²) in [4.78, 5) is 9.56. The van der Waals surface area contributed by atoms with Crippen molar-refractivity contribution in [2.45, 2.75) is 11.4 Å². The molecule has 0 unspecified atom stereocenters. The van der Waals surface area contributed by atoms with Gasteiger partial charge in [0.05, 0.1) is 11.4 Å². The molecule has 0 radical (unpaired) electrons. The Labute approximate surface area is 99.1 Å². The van der Waals surface area contributed by atoms with Crippen molar-refractivity contribution in [2.24, 2.45) is 5.73 Å². The van der Waals surface area contributed by atoms with Crippen molar-refractivity contribution in [2.75, 3.05) is 6.26 Å². The number of nitrogens with zero attached hydrogens (tertiary/aromatic N) is 2. The number of rotatable bonds is 3. The van der Waals surface area contributed by atoms with Gasteiger partial charge in [-0.3, -0.25) is 0 Å². The van der Waals surface area contributed by atoms with Crippen LogP contribution in [0, 0.1) is 0 Å². The molecular weight excluding hydrogens is 218 g/mol. The van der Waals surface area contributed by atoms with Crippen LogP contribution < -0.4 is 5.73 Å². The monoisotopic (exact) mass is 231 g/mol. The van der Waals surface area contributed by atoms with E-state index in [1.165, 1.54) is 4.90 Å². The SMILES string of the molecule is CSc1ccc(-c2cc(CN)ncn2)cc1. The van der Waals surface area contributed by atoms with Crippen molar-refractivity contribution in [3.05, 3.63) is 42.4 Å². The van der Waals surface area contributed by atoms with Gasteiger partial charge in [-0.15, -0.1) is 11.8 Å². The highest BCUT2D eigenvalue weighted by Crippen LogP contribution is 2.21. The Kier molecular flexibility index (Phi) is 3.54. The van der Waals surface area contributed by atoms with Crippen molar-refractivity contribution < 1.29 is 0 Å². The predicted octanol–water partition coefficient (Wildman–Crippen LogP) is 2.32. The van der Waals surface area contributed by atoms with Gasteiger partial charge in [0.1, 0.15) is 6.33 Å². The molecule has 2 N–H and O–H groups in total. The van der Waals surface area contributed by atoms with Crippen LogP contribution in [0.25, 0.3) is 11.3 Å². The number of nitrogens with two attached hydrogens (primary N) is 1. The van der Waals surface area contributed by atoms with Crippen molar-refractivity contribution in [3.63, 3.8) is 0 Å². The third-order valence-electron chi connectivity index (χ3n) is 2.32. The molecule has 3 nitrogen and oxygen atoms in total. The molecule has 1 aromatic carbocycles. The molecule has 2 rings (SSSR count). The van der Waals surface area contributed by atoms with E-state index in [0.717, 1.165) is 17.0 Å². The standard InChI is InChI=1S/C12H13N3S/c1-16-11-4-2-9(3-5-11)12-6-10(7-13)14-8-15-12/h2-6,8H,7,13H2,1H3. The second-order valence-electron chi connectivity index (χ2n) is 3.33. The zero-order valence-electron chi connectivity index (χ0n) is 9.05. The molecular formula is C12H13N3S. The minimum absolute atomic E-state index is 0.443. The van der Waals surface area contributed by atoms with Gasteiger partial charge < -0.3 is 5.73 Å². The molecule has 1 heterocycles. The Morgan fingerprint density at radius 1 is 1.19 bits per heavy atom. The number of hydrogen-bond donors (Lipinski definition) is 1. The lowest BCUT2D eigenvalue weighted by Gasteiger charge is -2.03. The molecule has 82 valence electrons. The molecule has 0 aliphatic heterocycles. The molecule has 0 aliphatic rings. The Hall–Kier alpha value is -1.39. The predicted molar refractivity (Wildman–Crippen MR) is 67.1 cm³/mol. The third kappa shape index (κ3) is 2.40. The average Bonchev–Trinajstić information content (AvgIpc) is 2.39. The van der Waals surface area contributed by atoms with Crippen molar-refractivity contribution in [1.82, 2.24) is 9.97 Å². The summed E-state index contributed by atoms with van der Waals surface area (Å²) in [5, 5.41) is 0. The Morgan fingerprint density at radius 2 is 1.94 bits per heavy atom. The van der Waals surface area contributed by atoms with E-state index in [1.54, 1.807) is 18.1 Å². The molecule has 0 saturated heterocycles. The van der Waals surface area contributed by atoms with E-state index in [2.05, 4.69) is 40.5 Å². The maximum atomic E-state index is 5.55. The molecule has 16 heavy (non-hydrogen) atoms. The summed E-state index contributed by atoms with van der Waals surface area (Å²) in [6, 6.07) is 10.2. The van der Waals surface area contributed by atoms with Crippen LogP contribution in [0.5, 0.6) is 0 Å². The largest absolute Gasteiger partial charge is 0.325 e. The van der Waals surface area contributed by atoms with Gasteiger partial charge in [0, 0.05) is 17.0 Å². The summed E-state index contributed by atoms with van der Waals surface area (Å²) in [5.74, 6) is 0. The highest BCUT2D eigenvalue weighted by molar-refractivity contribution is 7.98. The first-order chi connectivity index (χ1) is 7.83. The number of thioether (sulfide) groups is 1. The van der Waals surface area contributed by atoms with Gasteiger partial charge >= 0.3 is 0 Å². The van der Waals surface area contributed by atoms with Gasteiger partial charge in [-0.2, -0.15) is 0 Å². The minimum atomic E-state index is 0.443. The first-order valence-electron chi connectivity index (χ1n) is 4.99. The topological polar surface area (TPSA) is 51.8 Å². The second-order valence-corrected chi connectivity index (χ2v) is 4.21. The van der Waals surface area contributed by atoms with Crippen molar-refractivity contribution in [3.8, 4) is 11.3 Å². The molecule has 0 aliphatic carbocycles. The van der Waals surface area contributed by atoms with Gasteiger partial charge in [0.25, 0.3) is 0 Å². The van der Waals surface area contributed by atoms with Crippen LogP contribution in [0.4, 0.5) is 0 Å². The normalized spacial score (nSPS) is 10.4. The summed E-state index contributed by atoms with van der Waals surface area (Å²) in [7, 11) is 0. The Bertz CT molecular complexity index is 468. The van der Waals surface area contributed by atoms with E-state index in [9.17, 15) is 0 Å². The molecule has 2 aromatic rings. The maximum absolute atomic E-state index is 5.55. The van der Waals surface area contributed by atoms with E-state index in [-0.39, 0.29) is 0 Å². The lowest BCUT2D eigenvalue weighted by atomic mass is 10.1. The van der Waals surface area contributed by atoms with Crippen LogP contribution in [-0.2, 0) is 6.54 Å². The molecule has 1 aromatic heterocycles. The highest BCUT2D eigenvalue weighted by atomic mass is 32.2. The fourth-order valence-electron chi connectivity index (χ4n) is 1.43. The summed E-state index contributed by atoms with van der Waals surface area (Å²) in [5.41, 5.74) is 8.42. The van der Waals surface area contributed by atoms with E-state index < -0.39 is 0 Å². The molecule has 0 saturated carbocycles. The van der Waals surface area contributed by atoms with E-state index in [4.69, 9.17) is 5.73 Å². The Morgan fingerprint density at radius 3 is 2.56 bits per heavy atom. The summed E-state index contributed by atoms with van der Waals surface area (Å²) in [6.45, 7) is 0.443. The summed E-state index contributed by atoms with van der Waals surface area (Å²) >= 11 is 1.73. The van der Waals surface area contributed by atoms with Crippen LogP contribution in [0.2, 0.25) is 0 Å². The van der Waals surface area contributed by atoms with Gasteiger partial charge in [-0.05, 0) is 24.5 Å². The van der Waals surface area contributed by atoms with E-state index >= 15 is 0 Å². The number of benzene rings is 1. The summed E-state index contributed by atoms with van der Waals surface area (Å²) in [6.07, 6.45) is 3.62. The first-order valence-corrected chi connectivity index (χ1v) is 6.21. The van der Waals surface area contributed by atoms with Crippen LogP contribution in [-0.4, -0.2) is 16.2 Å². The molecule has 0 atom stereocenters. The highest BCUT2D eigenvalue weighted by Gasteiger charge is 2.01. The molecule has 0 fully saturated rings.